The number of hydrogen-bond acceptors (Lipinski definition) is 9. The molecule has 0 spiro atoms. The fourth-order valence-electron chi connectivity index (χ4n) is 5.40. The second-order valence-corrected chi connectivity index (χ2v) is 9.61. The van der Waals surface area contributed by atoms with E-state index in [2.05, 4.69) is 5.32 Å². The number of aliphatic hydroxyl groups is 1. The number of imide groups is 1. The van der Waals surface area contributed by atoms with Crippen LogP contribution >= 0.6 is 11.6 Å². The minimum atomic E-state index is -2.27. The fraction of sp³-hybridized carbons (Fsp3) is 0.385. The number of anilines is 1. The Morgan fingerprint density at radius 3 is 2.32 bits per heavy atom. The first kappa shape index (κ1) is 27.4. The summed E-state index contributed by atoms with van der Waals surface area (Å²) < 4.78 is 15.7. The Morgan fingerprint density at radius 2 is 1.79 bits per heavy atom. The largest absolute Gasteiger partial charge is 0.497 e. The second-order valence-electron chi connectivity index (χ2n) is 9.21. The zero-order valence-electron chi connectivity index (χ0n) is 21.3. The highest BCUT2D eigenvalue weighted by molar-refractivity contribution is 6.32. The van der Waals surface area contributed by atoms with Gasteiger partial charge >= 0.3 is 11.9 Å². The molecule has 0 saturated carbocycles. The molecule has 202 valence electrons. The number of carboxylic acids is 1. The maximum absolute atomic E-state index is 13.9. The van der Waals surface area contributed by atoms with E-state index in [0.717, 1.165) is 12.0 Å². The average Bonchev–Trinajstić information content (AvgIpc) is 3.38. The van der Waals surface area contributed by atoms with Gasteiger partial charge in [-0.25, -0.2) is 9.69 Å². The third kappa shape index (κ3) is 3.89. The number of fused-ring (bicyclic) bond motifs is 1. The van der Waals surface area contributed by atoms with E-state index in [1.807, 2.05) is 0 Å². The van der Waals surface area contributed by atoms with Gasteiger partial charge in [0.05, 0.1) is 45.0 Å². The van der Waals surface area contributed by atoms with Gasteiger partial charge in [0.15, 0.2) is 5.54 Å². The Kier molecular flexibility index (Phi) is 7.13. The Labute approximate surface area is 223 Å². The zero-order valence-corrected chi connectivity index (χ0v) is 22.0. The smallest absolute Gasteiger partial charge is 0.341 e. The molecular weight excluding hydrogens is 520 g/mol. The van der Waals surface area contributed by atoms with Crippen LogP contribution in [0.2, 0.25) is 5.02 Å². The zero-order chi connectivity index (χ0) is 28.1. The summed E-state index contributed by atoms with van der Waals surface area (Å²) in [5.41, 5.74) is -1.38. The van der Waals surface area contributed by atoms with Gasteiger partial charge in [0.1, 0.15) is 17.1 Å². The van der Waals surface area contributed by atoms with Crippen LogP contribution in [-0.4, -0.2) is 66.9 Å². The summed E-state index contributed by atoms with van der Waals surface area (Å²) in [5.74, 6) is -6.47. The molecular formula is C26H27ClN2O9. The van der Waals surface area contributed by atoms with Gasteiger partial charge in [-0.3, -0.25) is 19.7 Å². The van der Waals surface area contributed by atoms with Crippen molar-refractivity contribution < 1.29 is 43.6 Å². The van der Waals surface area contributed by atoms with Crippen molar-refractivity contribution in [3.05, 3.63) is 52.0 Å². The number of methoxy groups -OCH3 is 3. The Hall–Kier alpha value is -3.67. The van der Waals surface area contributed by atoms with Crippen molar-refractivity contribution in [2.24, 2.45) is 11.8 Å². The van der Waals surface area contributed by atoms with Gasteiger partial charge in [-0.2, -0.15) is 0 Å². The molecule has 3 N–H and O–H groups in total. The van der Waals surface area contributed by atoms with E-state index in [4.69, 9.17) is 25.8 Å². The number of rotatable bonds is 7. The summed E-state index contributed by atoms with van der Waals surface area (Å²) in [6.45, 7) is 2.97. The predicted octanol–water partition coefficient (Wildman–Crippen LogP) is 2.11. The van der Waals surface area contributed by atoms with E-state index in [9.17, 15) is 29.4 Å². The molecule has 2 saturated heterocycles. The molecule has 2 aromatic rings. The quantitative estimate of drug-likeness (QED) is 0.348. The molecule has 0 aliphatic carbocycles. The van der Waals surface area contributed by atoms with Gasteiger partial charge in [0.2, 0.25) is 11.8 Å². The molecule has 2 aliphatic heterocycles. The molecule has 5 atom stereocenters. The predicted molar refractivity (Wildman–Crippen MR) is 134 cm³/mol. The molecule has 12 heteroatoms. The second kappa shape index (κ2) is 9.90. The lowest BCUT2D eigenvalue weighted by atomic mass is 9.76. The van der Waals surface area contributed by atoms with Crippen LogP contribution in [0.1, 0.15) is 34.5 Å². The lowest BCUT2D eigenvalue weighted by molar-refractivity contribution is -0.154. The van der Waals surface area contributed by atoms with Crippen molar-refractivity contribution in [2.45, 2.75) is 31.5 Å². The summed E-state index contributed by atoms with van der Waals surface area (Å²) in [4.78, 5) is 54.3. The maximum atomic E-state index is 13.9. The summed E-state index contributed by atoms with van der Waals surface area (Å²) in [6.07, 6.45) is -1.62. The Balaban J connectivity index is 1.99. The van der Waals surface area contributed by atoms with Crippen LogP contribution in [0, 0.1) is 18.8 Å². The van der Waals surface area contributed by atoms with Gasteiger partial charge < -0.3 is 24.4 Å². The van der Waals surface area contributed by atoms with Crippen LogP contribution < -0.4 is 19.7 Å². The van der Waals surface area contributed by atoms with Crippen molar-refractivity contribution in [3.8, 4) is 11.5 Å². The number of hydrogen-bond donors (Lipinski definition) is 3. The number of carbonyl (C=O) groups is 4. The number of benzene rings is 2. The SMILES string of the molecule is COC(=O)c1c(OC)cc(OC)cc1C1NC(C(=O)O)(C(C)O)C2C(=O)N(c3ccc(C)c(Cl)c3)C(=O)C12. The highest BCUT2D eigenvalue weighted by atomic mass is 35.5. The molecule has 2 aliphatic rings. The minimum Gasteiger partial charge on any atom is -0.497 e. The monoisotopic (exact) mass is 546 g/mol. The number of carboxylic acid groups (broad SMARTS) is 1. The van der Waals surface area contributed by atoms with Gasteiger partial charge in [0, 0.05) is 17.1 Å². The number of nitrogens with zero attached hydrogens (tertiary/aromatic N) is 1. The number of aliphatic carboxylic acids is 1. The lowest BCUT2D eigenvalue weighted by Crippen LogP contribution is -2.62. The normalized spacial score (nSPS) is 25.2. The first-order valence-electron chi connectivity index (χ1n) is 11.6. The highest BCUT2D eigenvalue weighted by Crippen LogP contribution is 2.52. The molecule has 5 unspecified atom stereocenters. The molecule has 4 rings (SSSR count). The van der Waals surface area contributed by atoms with Gasteiger partial charge in [-0.15, -0.1) is 0 Å². The van der Waals surface area contributed by atoms with Gasteiger partial charge in [-0.05, 0) is 43.2 Å². The molecule has 2 heterocycles. The van der Waals surface area contributed by atoms with Crippen molar-refractivity contribution in [3.63, 3.8) is 0 Å². The summed E-state index contributed by atoms with van der Waals surface area (Å²) >= 11 is 6.25. The van der Waals surface area contributed by atoms with Gasteiger partial charge in [0.25, 0.3) is 0 Å². The Morgan fingerprint density at radius 1 is 1.11 bits per heavy atom. The number of aryl methyl sites for hydroxylation is 1. The van der Waals surface area contributed by atoms with Crippen LogP contribution in [0.15, 0.2) is 30.3 Å². The van der Waals surface area contributed by atoms with Gasteiger partial charge in [-0.1, -0.05) is 17.7 Å². The lowest BCUT2D eigenvalue weighted by Gasteiger charge is -2.33. The number of aliphatic hydroxyl groups excluding tert-OH is 1. The van der Waals surface area contributed by atoms with E-state index in [0.29, 0.717) is 10.6 Å². The molecule has 0 bridgehead atoms. The number of ether oxygens (including phenoxy) is 3. The van der Waals surface area contributed by atoms with E-state index in [-0.39, 0.29) is 28.3 Å². The van der Waals surface area contributed by atoms with Crippen LogP contribution in [0.4, 0.5) is 5.69 Å². The average molecular weight is 547 g/mol. The van der Waals surface area contributed by atoms with Crippen molar-refractivity contribution in [1.82, 2.24) is 5.32 Å². The molecule has 0 aromatic heterocycles. The molecule has 0 radical (unpaired) electrons. The maximum Gasteiger partial charge on any atom is 0.341 e. The number of nitrogens with one attached hydrogen (secondary N) is 1. The van der Waals surface area contributed by atoms with Crippen molar-refractivity contribution >= 4 is 41.0 Å². The molecule has 11 nitrogen and oxygen atoms in total. The Bertz CT molecular complexity index is 1340. The van der Waals surface area contributed by atoms with E-state index in [1.165, 1.54) is 45.4 Å². The number of esters is 1. The molecule has 2 amide bonds. The minimum absolute atomic E-state index is 0.0494. The van der Waals surface area contributed by atoms with Crippen LogP contribution in [0.3, 0.4) is 0 Å². The van der Waals surface area contributed by atoms with Crippen molar-refractivity contribution in [1.29, 1.82) is 0 Å². The third-order valence-electron chi connectivity index (χ3n) is 7.31. The van der Waals surface area contributed by atoms with Crippen molar-refractivity contribution in [2.75, 3.05) is 26.2 Å². The van der Waals surface area contributed by atoms with Crippen LogP contribution in [0.25, 0.3) is 0 Å². The van der Waals surface area contributed by atoms with E-state index in [1.54, 1.807) is 13.0 Å². The summed E-state index contributed by atoms with van der Waals surface area (Å²) in [5, 5.41) is 24.3. The molecule has 38 heavy (non-hydrogen) atoms. The van der Waals surface area contributed by atoms with E-state index < -0.39 is 53.3 Å². The van der Waals surface area contributed by atoms with Crippen LogP contribution in [0.5, 0.6) is 11.5 Å². The number of carbonyl (C=O) groups excluding carboxylic acids is 3. The number of halogens is 1. The molecule has 2 fully saturated rings. The summed E-state index contributed by atoms with van der Waals surface area (Å²) in [6, 6.07) is 6.24. The summed E-state index contributed by atoms with van der Waals surface area (Å²) in [7, 11) is 3.86. The molecule has 2 aromatic carbocycles. The van der Waals surface area contributed by atoms with Crippen LogP contribution in [-0.2, 0) is 19.1 Å². The first-order valence-corrected chi connectivity index (χ1v) is 12.0. The number of amides is 2. The fourth-order valence-corrected chi connectivity index (χ4v) is 5.57. The highest BCUT2D eigenvalue weighted by Gasteiger charge is 2.70. The van der Waals surface area contributed by atoms with E-state index >= 15 is 0 Å². The third-order valence-corrected chi connectivity index (χ3v) is 7.72. The first-order chi connectivity index (χ1) is 17.9. The standard InChI is InChI=1S/C26H27ClN2O9/c1-11-6-7-13(8-16(11)27)29-22(31)19-20(23(29)32)26(12(2)30,25(34)35)28-21(19)15-9-14(36-3)10-17(37-4)18(15)24(33)38-5/h6-10,12,19-21,28,30H,1-5H3,(H,34,35). The topological polar surface area (TPSA) is 152 Å².